The van der Waals surface area contributed by atoms with Crippen molar-refractivity contribution in [1.29, 1.82) is 0 Å². The summed E-state index contributed by atoms with van der Waals surface area (Å²) in [5.74, 6) is 0.770. The van der Waals surface area contributed by atoms with Gasteiger partial charge in [-0.1, -0.05) is 35.9 Å². The second-order valence-electron chi connectivity index (χ2n) is 6.05. The van der Waals surface area contributed by atoms with Gasteiger partial charge in [0.1, 0.15) is 18.5 Å². The summed E-state index contributed by atoms with van der Waals surface area (Å²) in [4.78, 5) is 4.30. The first-order valence-electron chi connectivity index (χ1n) is 8.20. The van der Waals surface area contributed by atoms with Crippen LogP contribution in [0.3, 0.4) is 0 Å². The van der Waals surface area contributed by atoms with Crippen molar-refractivity contribution >= 4 is 22.6 Å². The average Bonchev–Trinajstić information content (AvgIpc) is 2.90. The maximum absolute atomic E-state index is 10.4. The van der Waals surface area contributed by atoms with E-state index in [1.54, 1.807) is 4.57 Å². The number of aliphatic hydroxyl groups excluding tert-OH is 1. The van der Waals surface area contributed by atoms with Crippen LogP contribution >= 0.6 is 11.6 Å². The van der Waals surface area contributed by atoms with Crippen LogP contribution in [0, 0.1) is 6.92 Å². The van der Waals surface area contributed by atoms with Gasteiger partial charge in [-0.2, -0.15) is 0 Å². The molecule has 3 aromatic rings. The molecule has 2 aromatic carbocycles. The maximum atomic E-state index is 10.4. The molecule has 25 heavy (non-hydrogen) atoms. The number of rotatable bonds is 7. The number of para-hydroxylation sites is 2. The van der Waals surface area contributed by atoms with Crippen molar-refractivity contribution in [1.82, 2.24) is 9.55 Å². The third-order valence-corrected chi connectivity index (χ3v) is 4.30. The minimum absolute atomic E-state index is 0.177. The number of aryl methyl sites for hydroxylation is 1. The number of allylic oxidation sites excluding steroid dienone is 1. The number of ether oxygens (including phenoxy) is 1. The van der Waals surface area contributed by atoms with Gasteiger partial charge in [-0.05, 0) is 48.7 Å². The topological polar surface area (TPSA) is 47.3 Å². The van der Waals surface area contributed by atoms with Gasteiger partial charge in [0.15, 0.2) is 0 Å². The molecule has 0 saturated carbocycles. The lowest BCUT2D eigenvalue weighted by Gasteiger charge is -2.16. The summed E-state index contributed by atoms with van der Waals surface area (Å²) in [6.45, 7) is 6.32. The van der Waals surface area contributed by atoms with Crippen LogP contribution < -0.4 is 4.74 Å². The number of hydrogen-bond donors (Lipinski definition) is 1. The van der Waals surface area contributed by atoms with E-state index in [-0.39, 0.29) is 6.61 Å². The summed E-state index contributed by atoms with van der Waals surface area (Å²) in [5.41, 5.74) is 3.94. The summed E-state index contributed by atoms with van der Waals surface area (Å²) in [5, 5.41) is 10.8. The van der Waals surface area contributed by atoms with E-state index < -0.39 is 6.10 Å². The van der Waals surface area contributed by atoms with E-state index in [1.165, 1.54) is 5.56 Å². The Hall–Kier alpha value is -2.30. The first kappa shape index (κ1) is 17.5. The fourth-order valence-corrected chi connectivity index (χ4v) is 3.08. The molecule has 1 aromatic heterocycles. The van der Waals surface area contributed by atoms with Crippen LogP contribution in [0.2, 0.25) is 5.28 Å². The zero-order valence-corrected chi connectivity index (χ0v) is 14.9. The Morgan fingerprint density at radius 1 is 1.32 bits per heavy atom. The molecule has 0 amide bonds. The number of imidazole rings is 1. The minimum Gasteiger partial charge on any atom is -0.491 e. The smallest absolute Gasteiger partial charge is 0.203 e. The minimum atomic E-state index is -0.701. The Balaban J connectivity index is 1.70. The van der Waals surface area contributed by atoms with E-state index in [4.69, 9.17) is 16.3 Å². The number of nitrogens with zero attached hydrogens (tertiary/aromatic N) is 2. The molecular weight excluding hydrogens is 336 g/mol. The molecule has 0 spiro atoms. The third-order valence-electron chi connectivity index (χ3n) is 4.01. The number of halogens is 1. The number of aliphatic hydroxyl groups is 1. The van der Waals surface area contributed by atoms with Crippen LogP contribution in [0.4, 0.5) is 0 Å². The van der Waals surface area contributed by atoms with Crippen LogP contribution in [0.1, 0.15) is 11.1 Å². The Bertz CT molecular complexity index is 889. The zero-order chi connectivity index (χ0) is 17.8. The molecule has 0 aliphatic rings. The normalized spacial score (nSPS) is 12.3. The fraction of sp³-hybridized carbons (Fsp3) is 0.250. The number of fused-ring (bicyclic) bond motifs is 1. The van der Waals surface area contributed by atoms with E-state index in [0.29, 0.717) is 11.8 Å². The molecule has 0 fully saturated rings. The largest absolute Gasteiger partial charge is 0.491 e. The molecule has 0 radical (unpaired) electrons. The lowest BCUT2D eigenvalue weighted by Crippen LogP contribution is -2.24. The van der Waals surface area contributed by atoms with Gasteiger partial charge in [0.2, 0.25) is 5.28 Å². The van der Waals surface area contributed by atoms with Gasteiger partial charge in [0, 0.05) is 0 Å². The Labute approximate surface area is 152 Å². The first-order chi connectivity index (χ1) is 12.1. The van der Waals surface area contributed by atoms with Gasteiger partial charge in [-0.3, -0.25) is 0 Å². The van der Waals surface area contributed by atoms with Gasteiger partial charge >= 0.3 is 0 Å². The molecule has 0 aliphatic carbocycles. The molecule has 0 aliphatic heterocycles. The van der Waals surface area contributed by atoms with Crippen LogP contribution in [0.5, 0.6) is 5.75 Å². The van der Waals surface area contributed by atoms with Gasteiger partial charge in [0.05, 0.1) is 17.6 Å². The van der Waals surface area contributed by atoms with Gasteiger partial charge in [-0.25, -0.2) is 4.98 Å². The highest BCUT2D eigenvalue weighted by Gasteiger charge is 2.14. The molecular formula is C20H21ClN2O2. The molecule has 130 valence electrons. The van der Waals surface area contributed by atoms with Crippen LogP contribution in [0.25, 0.3) is 11.0 Å². The Morgan fingerprint density at radius 3 is 2.92 bits per heavy atom. The van der Waals surface area contributed by atoms with E-state index in [9.17, 15) is 5.11 Å². The predicted octanol–water partition coefficient (Wildman–Crippen LogP) is 4.17. The molecule has 0 saturated heterocycles. The number of aromatic nitrogens is 2. The van der Waals surface area contributed by atoms with Crippen molar-refractivity contribution in [3.63, 3.8) is 0 Å². The molecule has 4 nitrogen and oxygen atoms in total. The van der Waals surface area contributed by atoms with Crippen molar-refractivity contribution in [3.8, 4) is 5.75 Å². The Morgan fingerprint density at radius 2 is 2.12 bits per heavy atom. The summed E-state index contributed by atoms with van der Waals surface area (Å²) >= 11 is 6.20. The standard InChI is InChI=1S/C20H21ClN2O2/c1-3-6-15-11-14(2)9-10-19(15)25-13-16(24)12-23-18-8-5-4-7-17(18)22-20(23)21/h3-5,7-11,16,24H,1,6,12-13H2,2H3. The molecule has 1 unspecified atom stereocenters. The van der Waals surface area contributed by atoms with Crippen LogP contribution in [0.15, 0.2) is 55.1 Å². The zero-order valence-electron chi connectivity index (χ0n) is 14.2. The monoisotopic (exact) mass is 356 g/mol. The van der Waals surface area contributed by atoms with E-state index in [1.807, 2.05) is 49.4 Å². The van der Waals surface area contributed by atoms with E-state index in [2.05, 4.69) is 17.6 Å². The van der Waals surface area contributed by atoms with Gasteiger partial charge < -0.3 is 14.4 Å². The van der Waals surface area contributed by atoms with Crippen LogP contribution in [-0.2, 0) is 13.0 Å². The molecule has 1 N–H and O–H groups in total. The second kappa shape index (κ2) is 7.72. The van der Waals surface area contributed by atoms with Crippen molar-refractivity contribution in [2.24, 2.45) is 0 Å². The van der Waals surface area contributed by atoms with Crippen molar-refractivity contribution in [2.75, 3.05) is 6.61 Å². The summed E-state index contributed by atoms with van der Waals surface area (Å²) in [7, 11) is 0. The lowest BCUT2D eigenvalue weighted by atomic mass is 10.1. The van der Waals surface area contributed by atoms with E-state index >= 15 is 0 Å². The molecule has 5 heteroatoms. The molecule has 1 heterocycles. The Kier molecular flexibility index (Phi) is 5.41. The molecule has 1 atom stereocenters. The lowest BCUT2D eigenvalue weighted by molar-refractivity contribution is 0.0931. The van der Waals surface area contributed by atoms with Crippen molar-refractivity contribution in [3.05, 3.63) is 71.5 Å². The molecule has 3 rings (SSSR count). The highest BCUT2D eigenvalue weighted by Crippen LogP contribution is 2.22. The summed E-state index contributed by atoms with van der Waals surface area (Å²) in [6, 6.07) is 13.7. The second-order valence-corrected chi connectivity index (χ2v) is 6.39. The first-order valence-corrected chi connectivity index (χ1v) is 8.58. The SMILES string of the molecule is C=CCc1cc(C)ccc1OCC(O)Cn1c(Cl)nc2ccccc21. The third kappa shape index (κ3) is 4.03. The van der Waals surface area contributed by atoms with Crippen molar-refractivity contribution in [2.45, 2.75) is 26.0 Å². The highest BCUT2D eigenvalue weighted by atomic mass is 35.5. The highest BCUT2D eigenvalue weighted by molar-refractivity contribution is 6.29. The maximum Gasteiger partial charge on any atom is 0.203 e. The quantitative estimate of drug-likeness (QED) is 0.646. The predicted molar refractivity (Wildman–Crippen MR) is 101 cm³/mol. The van der Waals surface area contributed by atoms with Crippen molar-refractivity contribution < 1.29 is 9.84 Å². The summed E-state index contributed by atoms with van der Waals surface area (Å²) < 4.78 is 7.63. The number of benzene rings is 2. The summed E-state index contributed by atoms with van der Waals surface area (Å²) in [6.07, 6.45) is 1.87. The molecule has 0 bridgehead atoms. The van der Waals surface area contributed by atoms with E-state index in [0.717, 1.165) is 28.8 Å². The average molecular weight is 357 g/mol. The van der Waals surface area contributed by atoms with Gasteiger partial charge in [-0.15, -0.1) is 6.58 Å². The van der Waals surface area contributed by atoms with Gasteiger partial charge in [0.25, 0.3) is 0 Å². The number of hydrogen-bond acceptors (Lipinski definition) is 3. The fourth-order valence-electron chi connectivity index (χ4n) is 2.83. The van der Waals surface area contributed by atoms with Crippen LogP contribution in [-0.4, -0.2) is 27.4 Å².